The number of likely N-dealkylation sites (tertiary alicyclic amines) is 1. The lowest BCUT2D eigenvalue weighted by Gasteiger charge is -2.32. The van der Waals surface area contributed by atoms with E-state index in [0.717, 1.165) is 29.8 Å². The van der Waals surface area contributed by atoms with Crippen molar-refractivity contribution in [2.75, 3.05) is 18.4 Å². The normalized spacial score (nSPS) is 16.7. The molecular formula is C20H21N5O2S. The highest BCUT2D eigenvalue weighted by atomic mass is 32.1. The molecule has 3 aromatic rings. The molecule has 0 aliphatic carbocycles. The van der Waals surface area contributed by atoms with Gasteiger partial charge in [-0.2, -0.15) is 5.10 Å². The number of carbonyl (C=O) groups is 2. The molecule has 4 rings (SSSR count). The van der Waals surface area contributed by atoms with E-state index in [4.69, 9.17) is 0 Å². The average molecular weight is 395 g/mol. The van der Waals surface area contributed by atoms with E-state index in [-0.39, 0.29) is 24.3 Å². The molecule has 1 N–H and O–H groups in total. The topological polar surface area (TPSA) is 80.1 Å². The summed E-state index contributed by atoms with van der Waals surface area (Å²) < 4.78 is 1.61. The van der Waals surface area contributed by atoms with Crippen LogP contribution in [0, 0.1) is 5.92 Å². The lowest BCUT2D eigenvalue weighted by molar-refractivity contribution is -0.135. The summed E-state index contributed by atoms with van der Waals surface area (Å²) in [6.07, 6.45) is 5.03. The maximum atomic E-state index is 12.7. The van der Waals surface area contributed by atoms with Crippen molar-refractivity contribution >= 4 is 28.8 Å². The second-order valence-electron chi connectivity index (χ2n) is 6.82. The zero-order valence-electron chi connectivity index (χ0n) is 15.3. The lowest BCUT2D eigenvalue weighted by Crippen LogP contribution is -2.45. The van der Waals surface area contributed by atoms with Crippen LogP contribution in [0.3, 0.4) is 0 Å². The molecular weight excluding hydrogens is 374 g/mol. The highest BCUT2D eigenvalue weighted by Gasteiger charge is 2.28. The maximum absolute atomic E-state index is 12.7. The molecule has 7 nitrogen and oxygen atoms in total. The van der Waals surface area contributed by atoms with Gasteiger partial charge in [-0.05, 0) is 31.0 Å². The number of amides is 2. The van der Waals surface area contributed by atoms with Crippen LogP contribution in [0.25, 0.3) is 11.3 Å². The number of carbonyl (C=O) groups excluding carboxylic acids is 2. The van der Waals surface area contributed by atoms with E-state index in [1.807, 2.05) is 29.6 Å². The number of piperidine rings is 1. The summed E-state index contributed by atoms with van der Waals surface area (Å²) in [5.74, 6) is -0.250. The van der Waals surface area contributed by atoms with Crippen molar-refractivity contribution in [2.45, 2.75) is 19.4 Å². The molecule has 3 heterocycles. The van der Waals surface area contributed by atoms with Crippen LogP contribution in [0.1, 0.15) is 12.8 Å². The number of aromatic nitrogens is 3. The van der Waals surface area contributed by atoms with Crippen LogP contribution in [-0.4, -0.2) is 44.6 Å². The van der Waals surface area contributed by atoms with Crippen LogP contribution in [0.5, 0.6) is 0 Å². The summed E-state index contributed by atoms with van der Waals surface area (Å²) in [6, 6.07) is 9.46. The van der Waals surface area contributed by atoms with Crippen molar-refractivity contribution in [1.82, 2.24) is 19.7 Å². The minimum Gasteiger partial charge on any atom is -0.340 e. The summed E-state index contributed by atoms with van der Waals surface area (Å²) in [7, 11) is 0. The van der Waals surface area contributed by atoms with Gasteiger partial charge in [-0.15, -0.1) is 11.3 Å². The molecule has 0 radical (unpaired) electrons. The molecule has 8 heteroatoms. The average Bonchev–Trinajstić information content (AvgIpc) is 3.43. The van der Waals surface area contributed by atoms with Gasteiger partial charge in [0.25, 0.3) is 0 Å². The number of rotatable bonds is 5. The molecule has 1 atom stereocenters. The minimum atomic E-state index is -0.200. The molecule has 0 spiro atoms. The van der Waals surface area contributed by atoms with Crippen molar-refractivity contribution in [1.29, 1.82) is 0 Å². The molecule has 0 unspecified atom stereocenters. The summed E-state index contributed by atoms with van der Waals surface area (Å²) in [4.78, 5) is 31.2. The number of thiazole rings is 1. The Morgan fingerprint density at radius 3 is 2.82 bits per heavy atom. The van der Waals surface area contributed by atoms with Crippen molar-refractivity contribution in [3.63, 3.8) is 0 Å². The predicted octanol–water partition coefficient (Wildman–Crippen LogP) is 2.88. The van der Waals surface area contributed by atoms with E-state index in [2.05, 4.69) is 15.4 Å². The molecule has 0 bridgehead atoms. The smallest absolute Gasteiger partial charge is 0.244 e. The fourth-order valence-corrected chi connectivity index (χ4v) is 3.94. The van der Waals surface area contributed by atoms with Gasteiger partial charge in [-0.25, -0.2) is 4.98 Å². The molecule has 1 saturated heterocycles. The number of hydrogen-bond donors (Lipinski definition) is 1. The van der Waals surface area contributed by atoms with Gasteiger partial charge in [-0.3, -0.25) is 14.3 Å². The third-order valence-corrected chi connectivity index (χ3v) is 5.47. The van der Waals surface area contributed by atoms with E-state index in [1.165, 1.54) is 0 Å². The van der Waals surface area contributed by atoms with Crippen LogP contribution in [0.15, 0.2) is 53.6 Å². The monoisotopic (exact) mass is 395 g/mol. The first-order chi connectivity index (χ1) is 13.7. The largest absolute Gasteiger partial charge is 0.340 e. The Balaban J connectivity index is 1.34. The fraction of sp³-hybridized carbons (Fsp3) is 0.300. The number of nitrogens with one attached hydrogen (secondary N) is 1. The number of benzene rings is 1. The van der Waals surface area contributed by atoms with Gasteiger partial charge >= 0.3 is 0 Å². The minimum absolute atomic E-state index is 0.00573. The molecule has 2 aromatic heterocycles. The molecule has 144 valence electrons. The molecule has 2 amide bonds. The first-order valence-electron chi connectivity index (χ1n) is 9.24. The third-order valence-electron chi connectivity index (χ3n) is 4.88. The van der Waals surface area contributed by atoms with Crippen LogP contribution in [0.2, 0.25) is 0 Å². The maximum Gasteiger partial charge on any atom is 0.244 e. The van der Waals surface area contributed by atoms with Gasteiger partial charge in [0.05, 0.1) is 17.1 Å². The Hall–Kier alpha value is -3.00. The Kier molecular flexibility index (Phi) is 5.48. The van der Waals surface area contributed by atoms with Crippen LogP contribution >= 0.6 is 11.3 Å². The molecule has 1 fully saturated rings. The predicted molar refractivity (Wildman–Crippen MR) is 108 cm³/mol. The van der Waals surface area contributed by atoms with Gasteiger partial charge in [0.2, 0.25) is 11.8 Å². The second kappa shape index (κ2) is 8.35. The second-order valence-corrected chi connectivity index (χ2v) is 7.54. The summed E-state index contributed by atoms with van der Waals surface area (Å²) in [6.45, 7) is 1.34. The van der Waals surface area contributed by atoms with E-state index >= 15 is 0 Å². The van der Waals surface area contributed by atoms with Crippen molar-refractivity contribution in [3.05, 3.63) is 53.6 Å². The summed E-state index contributed by atoms with van der Waals surface area (Å²) in [5, 5.41) is 9.04. The SMILES string of the molecule is O=C(Nc1ccc(-c2cscn2)cc1)[C@H]1CCCN(C(=O)Cn2cccn2)C1. The third kappa shape index (κ3) is 4.28. The standard InChI is InChI=1S/C20H21N5O2S/c26-19(12-25-10-2-8-22-25)24-9-1-3-16(11-24)20(27)23-17-6-4-15(5-7-17)18-13-28-14-21-18/h2,4-8,10,13-14,16H,1,3,9,11-12H2,(H,23,27)/t16-/m0/s1. The van der Waals surface area contributed by atoms with Crippen LogP contribution in [0.4, 0.5) is 5.69 Å². The van der Waals surface area contributed by atoms with Gasteiger partial charge in [-0.1, -0.05) is 12.1 Å². The van der Waals surface area contributed by atoms with E-state index in [9.17, 15) is 9.59 Å². The van der Waals surface area contributed by atoms with Gasteiger partial charge in [0.15, 0.2) is 0 Å². The van der Waals surface area contributed by atoms with Gasteiger partial charge in [0, 0.05) is 42.1 Å². The number of anilines is 1. The quantitative estimate of drug-likeness (QED) is 0.720. The van der Waals surface area contributed by atoms with Gasteiger partial charge < -0.3 is 10.2 Å². The fourth-order valence-electron chi connectivity index (χ4n) is 3.37. The lowest BCUT2D eigenvalue weighted by atomic mass is 9.97. The zero-order valence-corrected chi connectivity index (χ0v) is 16.1. The first-order valence-corrected chi connectivity index (χ1v) is 10.2. The number of hydrogen-bond acceptors (Lipinski definition) is 5. The van der Waals surface area contributed by atoms with Crippen molar-refractivity contribution in [2.24, 2.45) is 5.92 Å². The zero-order chi connectivity index (χ0) is 19.3. The first kappa shape index (κ1) is 18.4. The van der Waals surface area contributed by atoms with E-state index < -0.39 is 0 Å². The van der Waals surface area contributed by atoms with E-state index in [1.54, 1.807) is 44.9 Å². The molecule has 0 saturated carbocycles. The summed E-state index contributed by atoms with van der Waals surface area (Å²) in [5.41, 5.74) is 4.51. The highest BCUT2D eigenvalue weighted by Crippen LogP contribution is 2.23. The molecule has 1 aliphatic heterocycles. The number of nitrogens with zero attached hydrogens (tertiary/aromatic N) is 4. The van der Waals surface area contributed by atoms with Crippen molar-refractivity contribution in [3.8, 4) is 11.3 Å². The Morgan fingerprint density at radius 1 is 1.25 bits per heavy atom. The highest BCUT2D eigenvalue weighted by molar-refractivity contribution is 7.07. The Bertz CT molecular complexity index is 922. The Labute approximate surface area is 167 Å². The van der Waals surface area contributed by atoms with Gasteiger partial charge in [0.1, 0.15) is 6.54 Å². The van der Waals surface area contributed by atoms with Crippen LogP contribution < -0.4 is 5.32 Å². The summed E-state index contributed by atoms with van der Waals surface area (Å²) >= 11 is 1.55. The molecule has 28 heavy (non-hydrogen) atoms. The van der Waals surface area contributed by atoms with Crippen LogP contribution in [-0.2, 0) is 16.1 Å². The van der Waals surface area contributed by atoms with Crippen molar-refractivity contribution < 1.29 is 9.59 Å². The molecule has 1 aromatic carbocycles. The molecule has 1 aliphatic rings. The Morgan fingerprint density at radius 2 is 2.11 bits per heavy atom. The van der Waals surface area contributed by atoms with E-state index in [0.29, 0.717) is 13.1 Å².